The van der Waals surface area contributed by atoms with Crippen LogP contribution in [0.1, 0.15) is 12.5 Å². The van der Waals surface area contributed by atoms with Crippen molar-refractivity contribution < 1.29 is 14.3 Å². The molecule has 0 aromatic heterocycles. The third-order valence-corrected chi connectivity index (χ3v) is 1.90. The van der Waals surface area contributed by atoms with Crippen LogP contribution in [0.15, 0.2) is 42.1 Å². The summed E-state index contributed by atoms with van der Waals surface area (Å²) in [6.45, 7) is 1.84. The van der Waals surface area contributed by atoms with Gasteiger partial charge >= 0.3 is 6.09 Å². The van der Waals surface area contributed by atoms with Gasteiger partial charge in [-0.15, -0.1) is 0 Å². The topological polar surface area (TPSA) is 55.4 Å². The molecule has 1 aromatic rings. The SMILES string of the molecule is C/C=C(/C=O)NC(=O)OCc1ccccc1. The highest BCUT2D eigenvalue weighted by molar-refractivity contribution is 5.81. The van der Waals surface area contributed by atoms with Gasteiger partial charge in [0.25, 0.3) is 0 Å². The molecule has 1 aromatic carbocycles. The smallest absolute Gasteiger partial charge is 0.412 e. The molecule has 4 heteroatoms. The zero-order valence-electron chi connectivity index (χ0n) is 8.97. The first-order valence-electron chi connectivity index (χ1n) is 4.85. The van der Waals surface area contributed by atoms with E-state index in [-0.39, 0.29) is 12.3 Å². The van der Waals surface area contributed by atoms with Crippen LogP contribution < -0.4 is 5.32 Å². The number of carbonyl (C=O) groups excluding carboxylic acids is 2. The summed E-state index contributed by atoms with van der Waals surface area (Å²) in [5.41, 5.74) is 1.09. The highest BCUT2D eigenvalue weighted by atomic mass is 16.5. The zero-order chi connectivity index (χ0) is 11.8. The number of amides is 1. The van der Waals surface area contributed by atoms with Crippen molar-refractivity contribution in [3.8, 4) is 0 Å². The molecule has 0 aliphatic heterocycles. The normalized spacial score (nSPS) is 10.7. The third-order valence-electron chi connectivity index (χ3n) is 1.90. The average Bonchev–Trinajstić information content (AvgIpc) is 2.34. The summed E-state index contributed by atoms with van der Waals surface area (Å²) >= 11 is 0. The van der Waals surface area contributed by atoms with E-state index in [1.807, 2.05) is 30.3 Å². The number of nitrogens with one attached hydrogen (secondary N) is 1. The molecule has 0 radical (unpaired) electrons. The van der Waals surface area contributed by atoms with Gasteiger partial charge in [-0.3, -0.25) is 10.1 Å². The first kappa shape index (κ1) is 12.0. The van der Waals surface area contributed by atoms with Crippen molar-refractivity contribution in [2.24, 2.45) is 0 Å². The molecular weight excluding hydrogens is 206 g/mol. The molecule has 0 aliphatic rings. The fourth-order valence-corrected chi connectivity index (χ4v) is 1.05. The Balaban J connectivity index is 2.39. The van der Waals surface area contributed by atoms with E-state index in [0.29, 0.717) is 6.29 Å². The van der Waals surface area contributed by atoms with E-state index in [4.69, 9.17) is 4.74 Å². The Morgan fingerprint density at radius 1 is 1.38 bits per heavy atom. The van der Waals surface area contributed by atoms with Gasteiger partial charge in [-0.1, -0.05) is 36.4 Å². The van der Waals surface area contributed by atoms with E-state index >= 15 is 0 Å². The van der Waals surface area contributed by atoms with Crippen molar-refractivity contribution in [3.63, 3.8) is 0 Å². The lowest BCUT2D eigenvalue weighted by atomic mass is 10.2. The van der Waals surface area contributed by atoms with Crippen LogP contribution in [0.2, 0.25) is 0 Å². The number of hydrogen-bond donors (Lipinski definition) is 1. The predicted molar refractivity (Wildman–Crippen MR) is 59.6 cm³/mol. The minimum Gasteiger partial charge on any atom is -0.444 e. The van der Waals surface area contributed by atoms with Gasteiger partial charge in [0.05, 0.1) is 5.70 Å². The Morgan fingerprint density at radius 2 is 2.06 bits per heavy atom. The zero-order valence-corrected chi connectivity index (χ0v) is 8.97. The molecule has 16 heavy (non-hydrogen) atoms. The largest absolute Gasteiger partial charge is 0.444 e. The third kappa shape index (κ3) is 3.96. The number of benzene rings is 1. The van der Waals surface area contributed by atoms with Crippen molar-refractivity contribution in [2.45, 2.75) is 13.5 Å². The minimum absolute atomic E-state index is 0.183. The molecular formula is C12H13NO3. The highest BCUT2D eigenvalue weighted by Crippen LogP contribution is 2.00. The maximum Gasteiger partial charge on any atom is 0.412 e. The molecule has 0 aliphatic carbocycles. The van der Waals surface area contributed by atoms with Crippen LogP contribution >= 0.6 is 0 Å². The Hall–Kier alpha value is -2.10. The van der Waals surface area contributed by atoms with E-state index in [2.05, 4.69) is 5.32 Å². The van der Waals surface area contributed by atoms with Crippen LogP contribution in [-0.2, 0) is 16.1 Å². The second kappa shape index (κ2) is 6.40. The minimum atomic E-state index is -0.635. The van der Waals surface area contributed by atoms with E-state index < -0.39 is 6.09 Å². The number of ether oxygens (including phenoxy) is 1. The van der Waals surface area contributed by atoms with Crippen LogP contribution in [0.5, 0.6) is 0 Å². The maximum atomic E-state index is 11.2. The van der Waals surface area contributed by atoms with Gasteiger partial charge < -0.3 is 4.74 Å². The summed E-state index contributed by atoms with van der Waals surface area (Å²) in [4.78, 5) is 21.6. The lowest BCUT2D eigenvalue weighted by Crippen LogP contribution is -2.24. The Bertz CT molecular complexity index is 385. The summed E-state index contributed by atoms with van der Waals surface area (Å²) in [7, 11) is 0. The van der Waals surface area contributed by atoms with Crippen LogP contribution in [-0.4, -0.2) is 12.4 Å². The number of carbonyl (C=O) groups is 2. The van der Waals surface area contributed by atoms with Gasteiger partial charge in [0, 0.05) is 0 Å². The highest BCUT2D eigenvalue weighted by Gasteiger charge is 2.03. The lowest BCUT2D eigenvalue weighted by molar-refractivity contribution is -0.105. The monoisotopic (exact) mass is 219 g/mol. The first-order valence-corrected chi connectivity index (χ1v) is 4.85. The number of allylic oxidation sites excluding steroid dienone is 2. The predicted octanol–water partition coefficient (Wildman–Crippen LogP) is 2.02. The van der Waals surface area contributed by atoms with E-state index in [0.717, 1.165) is 5.56 Å². The van der Waals surface area contributed by atoms with Crippen LogP contribution in [0.25, 0.3) is 0 Å². The van der Waals surface area contributed by atoms with Crippen molar-refractivity contribution in [2.75, 3.05) is 0 Å². The molecule has 0 saturated carbocycles. The van der Waals surface area contributed by atoms with Gasteiger partial charge in [0.1, 0.15) is 6.61 Å². The summed E-state index contributed by atoms with van der Waals surface area (Å²) in [6.07, 6.45) is 1.42. The van der Waals surface area contributed by atoms with E-state index in [1.54, 1.807) is 6.92 Å². The van der Waals surface area contributed by atoms with Crippen LogP contribution in [0, 0.1) is 0 Å². The molecule has 0 heterocycles. The van der Waals surface area contributed by atoms with Gasteiger partial charge in [-0.05, 0) is 12.5 Å². The lowest BCUT2D eigenvalue weighted by Gasteiger charge is -2.05. The van der Waals surface area contributed by atoms with Gasteiger partial charge in [0.2, 0.25) is 0 Å². The van der Waals surface area contributed by atoms with Gasteiger partial charge in [-0.25, -0.2) is 4.79 Å². The van der Waals surface area contributed by atoms with Crippen molar-refractivity contribution in [1.29, 1.82) is 0 Å². The number of hydrogen-bond acceptors (Lipinski definition) is 3. The van der Waals surface area contributed by atoms with Crippen LogP contribution in [0.3, 0.4) is 0 Å². The maximum absolute atomic E-state index is 11.2. The van der Waals surface area contributed by atoms with E-state index in [1.165, 1.54) is 6.08 Å². The Labute approximate surface area is 93.9 Å². The molecule has 4 nitrogen and oxygen atoms in total. The summed E-state index contributed by atoms with van der Waals surface area (Å²) in [5, 5.41) is 2.32. The molecule has 1 amide bonds. The second-order valence-electron chi connectivity index (χ2n) is 3.05. The molecule has 1 rings (SSSR count). The standard InChI is InChI=1S/C12H13NO3/c1-2-11(8-14)13-12(15)16-9-10-6-4-3-5-7-10/h2-8H,9H2,1H3,(H,13,15)/b11-2-. The fourth-order valence-electron chi connectivity index (χ4n) is 1.05. The summed E-state index contributed by atoms with van der Waals surface area (Å²) in [5.74, 6) is 0. The molecule has 0 bridgehead atoms. The second-order valence-corrected chi connectivity index (χ2v) is 3.05. The van der Waals surface area contributed by atoms with Gasteiger partial charge in [0.15, 0.2) is 6.29 Å². The van der Waals surface area contributed by atoms with E-state index in [9.17, 15) is 9.59 Å². The van der Waals surface area contributed by atoms with Crippen molar-refractivity contribution in [3.05, 3.63) is 47.7 Å². The molecule has 0 saturated heterocycles. The Morgan fingerprint density at radius 3 is 2.62 bits per heavy atom. The first-order chi connectivity index (χ1) is 7.76. The summed E-state index contributed by atoms with van der Waals surface area (Å²) in [6, 6.07) is 9.31. The number of alkyl carbamates (subject to hydrolysis) is 1. The summed E-state index contributed by atoms with van der Waals surface area (Å²) < 4.78 is 4.91. The Kier molecular flexibility index (Phi) is 4.79. The van der Waals surface area contributed by atoms with Crippen molar-refractivity contribution in [1.82, 2.24) is 5.32 Å². The van der Waals surface area contributed by atoms with Gasteiger partial charge in [-0.2, -0.15) is 0 Å². The number of aldehydes is 1. The molecule has 0 spiro atoms. The molecule has 1 N–H and O–H groups in total. The molecule has 0 atom stereocenters. The quantitative estimate of drug-likeness (QED) is 0.622. The number of rotatable bonds is 4. The van der Waals surface area contributed by atoms with Crippen molar-refractivity contribution >= 4 is 12.4 Å². The molecule has 0 fully saturated rings. The average molecular weight is 219 g/mol. The molecule has 0 unspecified atom stereocenters. The fraction of sp³-hybridized carbons (Fsp3) is 0.167. The molecule has 84 valence electrons. The van der Waals surface area contributed by atoms with Crippen LogP contribution in [0.4, 0.5) is 4.79 Å².